The van der Waals surface area contributed by atoms with Gasteiger partial charge in [0.1, 0.15) is 12.2 Å². The maximum absolute atomic E-state index is 14.6. The van der Waals surface area contributed by atoms with Gasteiger partial charge in [0, 0.05) is 38.4 Å². The van der Waals surface area contributed by atoms with E-state index in [0.29, 0.717) is 12.0 Å². The van der Waals surface area contributed by atoms with Crippen LogP contribution in [0.1, 0.15) is 57.3 Å². The van der Waals surface area contributed by atoms with Gasteiger partial charge in [-0.1, -0.05) is 37.6 Å². The Kier molecular flexibility index (Phi) is 6.43. The molecule has 9 unspecified atom stereocenters. The van der Waals surface area contributed by atoms with Crippen LogP contribution in [0.2, 0.25) is 0 Å². The van der Waals surface area contributed by atoms with Crippen molar-refractivity contribution in [2.24, 2.45) is 28.6 Å². The van der Waals surface area contributed by atoms with Crippen LogP contribution in [0.15, 0.2) is 41.5 Å². The fourth-order valence-electron chi connectivity index (χ4n) is 7.93. The summed E-state index contributed by atoms with van der Waals surface area (Å²) in [5.41, 5.74) is 1.08. The number of hydrogen-bond acceptors (Lipinski definition) is 7. The summed E-state index contributed by atoms with van der Waals surface area (Å²) in [5.74, 6) is -1.42. The second-order valence-electron chi connectivity index (χ2n) is 11.7. The Balaban J connectivity index is 1.71. The van der Waals surface area contributed by atoms with Gasteiger partial charge < -0.3 is 24.1 Å². The molecule has 1 aromatic carbocycles. The van der Waals surface area contributed by atoms with Crippen molar-refractivity contribution >= 4 is 11.8 Å². The molecule has 0 radical (unpaired) electrons. The van der Waals surface area contributed by atoms with Gasteiger partial charge in [-0.25, -0.2) is 4.79 Å². The zero-order valence-electron chi connectivity index (χ0n) is 22.0. The number of benzene rings is 1. The van der Waals surface area contributed by atoms with E-state index in [0.717, 1.165) is 24.0 Å². The van der Waals surface area contributed by atoms with E-state index < -0.39 is 47.3 Å². The van der Waals surface area contributed by atoms with Crippen LogP contribution in [-0.4, -0.2) is 61.8 Å². The summed E-state index contributed by atoms with van der Waals surface area (Å²) in [5, 5.41) is 10.8. The Morgan fingerprint density at radius 3 is 2.42 bits per heavy atom. The predicted molar refractivity (Wildman–Crippen MR) is 132 cm³/mol. The number of ether oxygens (including phenoxy) is 4. The smallest absolute Gasteiger partial charge is 0.338 e. The zero-order chi connectivity index (χ0) is 26.0. The normalized spacial score (nSPS) is 41.4. The Morgan fingerprint density at radius 2 is 1.81 bits per heavy atom. The minimum atomic E-state index is -1.05. The molecule has 0 spiro atoms. The summed E-state index contributed by atoms with van der Waals surface area (Å²) in [6.45, 7) is 8.24. The van der Waals surface area contributed by atoms with Gasteiger partial charge in [0.25, 0.3) is 0 Å². The summed E-state index contributed by atoms with van der Waals surface area (Å²) in [7, 11) is 3.20. The molecule has 5 rings (SSSR count). The summed E-state index contributed by atoms with van der Waals surface area (Å²) in [4.78, 5) is 28.1. The van der Waals surface area contributed by atoms with Crippen LogP contribution in [0.4, 0.5) is 0 Å². The molecule has 7 nitrogen and oxygen atoms in total. The van der Waals surface area contributed by atoms with E-state index in [9.17, 15) is 14.7 Å². The van der Waals surface area contributed by atoms with Crippen molar-refractivity contribution in [1.82, 2.24) is 0 Å². The molecule has 3 aliphatic carbocycles. The molecule has 7 heteroatoms. The minimum absolute atomic E-state index is 0.0806. The van der Waals surface area contributed by atoms with Crippen LogP contribution in [-0.2, 0) is 23.7 Å². The van der Waals surface area contributed by atoms with Crippen LogP contribution in [0.5, 0.6) is 0 Å². The van der Waals surface area contributed by atoms with Crippen LogP contribution in [0.3, 0.4) is 0 Å². The average Bonchev–Trinajstić information content (AvgIpc) is 2.85. The maximum Gasteiger partial charge on any atom is 0.338 e. The first-order valence-corrected chi connectivity index (χ1v) is 13.0. The molecule has 2 saturated carbocycles. The fourth-order valence-corrected chi connectivity index (χ4v) is 7.93. The SMILES string of the molecule is COC1C(=O)C2(C)C(OC)CC3OC(O)C3C2C(OC(=O)c2ccccc2)C2CCC(C)=C1C2(C)C. The predicted octanol–water partition coefficient (Wildman–Crippen LogP) is 3.94. The number of methoxy groups -OCH3 is 2. The third-order valence-corrected chi connectivity index (χ3v) is 9.76. The van der Waals surface area contributed by atoms with Crippen LogP contribution in [0, 0.1) is 28.6 Å². The zero-order valence-corrected chi connectivity index (χ0v) is 22.0. The minimum Gasteiger partial charge on any atom is -0.458 e. The van der Waals surface area contributed by atoms with Gasteiger partial charge in [-0.15, -0.1) is 0 Å². The summed E-state index contributed by atoms with van der Waals surface area (Å²) < 4.78 is 24.1. The van der Waals surface area contributed by atoms with Crippen LogP contribution < -0.4 is 0 Å². The Morgan fingerprint density at radius 1 is 1.11 bits per heavy atom. The molecular formula is C29H38O7. The molecule has 1 aromatic rings. The van der Waals surface area contributed by atoms with Gasteiger partial charge in [-0.3, -0.25) is 4.79 Å². The van der Waals surface area contributed by atoms with E-state index in [1.807, 2.05) is 13.0 Å². The van der Waals surface area contributed by atoms with Crippen molar-refractivity contribution in [3.8, 4) is 0 Å². The van der Waals surface area contributed by atoms with Gasteiger partial charge in [0.2, 0.25) is 0 Å². The number of esters is 1. The molecule has 1 heterocycles. The molecule has 196 valence electrons. The standard InChI is InChI=1S/C29H38O7/c1-15-12-13-17-23(36-26(31)16-10-8-7-9-11-16)22-20-18(35-27(20)32)14-19(33-5)29(22,4)25(30)24(34-6)21(15)28(17,2)3/h7-11,17-20,22-24,27,32H,12-14H2,1-6H3. The first kappa shape index (κ1) is 25.6. The Hall–Kier alpha value is -2.06. The van der Waals surface area contributed by atoms with Crippen LogP contribution >= 0.6 is 0 Å². The maximum atomic E-state index is 14.6. The highest BCUT2D eigenvalue weighted by atomic mass is 16.6. The molecule has 4 aliphatic rings. The van der Waals surface area contributed by atoms with E-state index >= 15 is 0 Å². The summed E-state index contributed by atoms with van der Waals surface area (Å²) in [6.07, 6.45) is -1.02. The average molecular weight is 499 g/mol. The van der Waals surface area contributed by atoms with Crippen molar-refractivity contribution in [1.29, 1.82) is 0 Å². The lowest BCUT2D eigenvalue weighted by Crippen LogP contribution is -2.72. The third-order valence-electron chi connectivity index (χ3n) is 9.76. The fraction of sp³-hybridized carbons (Fsp3) is 0.655. The molecule has 1 saturated heterocycles. The molecule has 2 bridgehead atoms. The second kappa shape index (κ2) is 9.05. The van der Waals surface area contributed by atoms with Gasteiger partial charge in [-0.05, 0) is 49.8 Å². The van der Waals surface area contributed by atoms with Crippen molar-refractivity contribution < 1.29 is 33.6 Å². The number of aliphatic hydroxyl groups excluding tert-OH is 1. The summed E-state index contributed by atoms with van der Waals surface area (Å²) >= 11 is 0. The van der Waals surface area contributed by atoms with Crippen molar-refractivity contribution in [2.75, 3.05) is 14.2 Å². The molecule has 0 aromatic heterocycles. The van der Waals surface area contributed by atoms with Gasteiger partial charge >= 0.3 is 5.97 Å². The number of carbonyl (C=O) groups excluding carboxylic acids is 2. The molecule has 1 N–H and O–H groups in total. The molecule has 3 fully saturated rings. The first-order chi connectivity index (χ1) is 17.1. The largest absolute Gasteiger partial charge is 0.458 e. The van der Waals surface area contributed by atoms with E-state index in [1.54, 1.807) is 38.5 Å². The number of allylic oxidation sites excluding steroid dienone is 1. The molecule has 36 heavy (non-hydrogen) atoms. The molecular weight excluding hydrogens is 460 g/mol. The van der Waals surface area contributed by atoms with E-state index in [2.05, 4.69) is 20.8 Å². The third kappa shape index (κ3) is 3.54. The highest BCUT2D eigenvalue weighted by molar-refractivity contribution is 5.93. The van der Waals surface area contributed by atoms with Crippen molar-refractivity contribution in [3.05, 3.63) is 47.0 Å². The monoisotopic (exact) mass is 498 g/mol. The molecule has 9 atom stereocenters. The van der Waals surface area contributed by atoms with Gasteiger partial charge in [0.05, 0.1) is 23.2 Å². The lowest BCUT2D eigenvalue weighted by Gasteiger charge is -2.63. The molecule has 0 amide bonds. The molecule has 1 aliphatic heterocycles. The number of carbonyl (C=O) groups is 2. The number of rotatable bonds is 4. The van der Waals surface area contributed by atoms with Crippen molar-refractivity contribution in [2.45, 2.75) is 77.7 Å². The highest BCUT2D eigenvalue weighted by Gasteiger charge is 2.69. The summed E-state index contributed by atoms with van der Waals surface area (Å²) in [6, 6.07) is 8.94. The highest BCUT2D eigenvalue weighted by Crippen LogP contribution is 2.62. The number of Topliss-reactive ketones (excluding diaryl/α,β-unsaturated/α-hetero) is 1. The van der Waals surface area contributed by atoms with Crippen LogP contribution in [0.25, 0.3) is 0 Å². The lowest BCUT2D eigenvalue weighted by molar-refractivity contribution is -0.344. The Labute approximate surface area is 213 Å². The second-order valence-corrected chi connectivity index (χ2v) is 11.7. The van der Waals surface area contributed by atoms with E-state index in [4.69, 9.17) is 18.9 Å². The number of hydrogen-bond donors (Lipinski definition) is 1. The first-order valence-electron chi connectivity index (χ1n) is 13.0. The van der Waals surface area contributed by atoms with Gasteiger partial charge in [0.15, 0.2) is 12.1 Å². The Bertz CT molecular complexity index is 1060. The number of aliphatic hydroxyl groups is 1. The van der Waals surface area contributed by atoms with Crippen molar-refractivity contribution in [3.63, 3.8) is 0 Å². The topological polar surface area (TPSA) is 91.3 Å². The number of fused-ring (bicyclic) bond motifs is 5. The number of ketones is 1. The lowest BCUT2D eigenvalue weighted by atomic mass is 9.47. The quantitative estimate of drug-likeness (QED) is 0.497. The van der Waals surface area contributed by atoms with E-state index in [-0.39, 0.29) is 23.7 Å². The van der Waals surface area contributed by atoms with Gasteiger partial charge in [-0.2, -0.15) is 0 Å². The van der Waals surface area contributed by atoms with E-state index in [1.165, 1.54) is 0 Å².